The quantitative estimate of drug-likeness (QED) is 0.833. The maximum Gasteiger partial charge on any atom is 0.137 e. The number of halogens is 1. The maximum absolute atomic E-state index is 13.3. The summed E-state index contributed by atoms with van der Waals surface area (Å²) in [5.41, 5.74) is 5.99. The van der Waals surface area contributed by atoms with Crippen LogP contribution in [0.15, 0.2) is 18.2 Å². The number of hydrogen-bond acceptors (Lipinski definition) is 4. The van der Waals surface area contributed by atoms with Gasteiger partial charge < -0.3 is 20.1 Å². The van der Waals surface area contributed by atoms with Gasteiger partial charge in [-0.15, -0.1) is 0 Å². The van der Waals surface area contributed by atoms with Crippen molar-refractivity contribution in [3.8, 4) is 17.6 Å². The van der Waals surface area contributed by atoms with Crippen LogP contribution in [0.3, 0.4) is 0 Å². The van der Waals surface area contributed by atoms with Gasteiger partial charge in [0.2, 0.25) is 0 Å². The predicted molar refractivity (Wildman–Crippen MR) is 75.1 cm³/mol. The average Bonchev–Trinajstić information content (AvgIpc) is 2.44. The highest BCUT2D eigenvalue weighted by molar-refractivity contribution is 5.46. The molecule has 0 amide bonds. The Morgan fingerprint density at radius 1 is 1.55 bits per heavy atom. The number of morpholine rings is 1. The molecular weight excluding hydrogens is 259 g/mol. The Morgan fingerprint density at radius 2 is 2.40 bits per heavy atom. The van der Waals surface area contributed by atoms with Crippen molar-refractivity contribution < 1.29 is 13.9 Å². The van der Waals surface area contributed by atoms with Crippen LogP contribution in [-0.4, -0.2) is 50.9 Å². The molecule has 2 rings (SSSR count). The Hall–Kier alpha value is -1.61. The predicted octanol–water partition coefficient (Wildman–Crippen LogP) is 0.845. The molecule has 1 atom stereocenters. The number of ether oxygens (including phenoxy) is 2. The van der Waals surface area contributed by atoms with Crippen LogP contribution in [0.2, 0.25) is 0 Å². The summed E-state index contributed by atoms with van der Waals surface area (Å²) in [6.45, 7) is 3.05. The fourth-order valence-corrected chi connectivity index (χ4v) is 2.02. The van der Waals surface area contributed by atoms with Crippen molar-refractivity contribution in [1.29, 1.82) is 0 Å². The molecule has 0 bridgehead atoms. The van der Waals surface area contributed by atoms with Gasteiger partial charge in [-0.25, -0.2) is 4.39 Å². The molecule has 1 fully saturated rings. The van der Waals surface area contributed by atoms with Gasteiger partial charge in [0.15, 0.2) is 0 Å². The highest BCUT2D eigenvalue weighted by atomic mass is 19.1. The van der Waals surface area contributed by atoms with Gasteiger partial charge in [-0.2, -0.15) is 0 Å². The van der Waals surface area contributed by atoms with Crippen LogP contribution in [-0.2, 0) is 4.74 Å². The molecule has 1 aromatic carbocycles. The van der Waals surface area contributed by atoms with Crippen LogP contribution < -0.4 is 10.5 Å². The second-order valence-electron chi connectivity index (χ2n) is 4.71. The van der Waals surface area contributed by atoms with Crippen molar-refractivity contribution in [2.45, 2.75) is 6.10 Å². The van der Waals surface area contributed by atoms with E-state index in [4.69, 9.17) is 15.2 Å². The molecule has 108 valence electrons. The second-order valence-corrected chi connectivity index (χ2v) is 4.71. The first kappa shape index (κ1) is 14.8. The Morgan fingerprint density at radius 3 is 3.15 bits per heavy atom. The highest BCUT2D eigenvalue weighted by Gasteiger charge is 2.18. The van der Waals surface area contributed by atoms with E-state index in [2.05, 4.69) is 16.7 Å². The van der Waals surface area contributed by atoms with Crippen molar-refractivity contribution in [2.24, 2.45) is 5.73 Å². The van der Waals surface area contributed by atoms with Gasteiger partial charge in [0.1, 0.15) is 24.3 Å². The van der Waals surface area contributed by atoms with Gasteiger partial charge in [-0.05, 0) is 19.2 Å². The fraction of sp³-hybridized carbons (Fsp3) is 0.467. The molecule has 4 nitrogen and oxygen atoms in total. The molecule has 5 heteroatoms. The first-order valence-corrected chi connectivity index (χ1v) is 6.60. The molecule has 0 saturated carbocycles. The third-order valence-corrected chi connectivity index (χ3v) is 3.04. The van der Waals surface area contributed by atoms with E-state index in [1.54, 1.807) is 6.07 Å². The zero-order chi connectivity index (χ0) is 14.4. The molecule has 1 saturated heterocycles. The van der Waals surface area contributed by atoms with E-state index < -0.39 is 0 Å². The van der Waals surface area contributed by atoms with Crippen molar-refractivity contribution >= 4 is 0 Å². The van der Waals surface area contributed by atoms with E-state index in [1.165, 1.54) is 12.1 Å². The summed E-state index contributed by atoms with van der Waals surface area (Å²) in [4.78, 5) is 2.18. The first-order valence-electron chi connectivity index (χ1n) is 6.60. The molecule has 0 aliphatic carbocycles. The first-order chi connectivity index (χ1) is 9.69. The molecule has 0 aromatic heterocycles. The van der Waals surface area contributed by atoms with Gasteiger partial charge in [-0.3, -0.25) is 0 Å². The lowest BCUT2D eigenvalue weighted by atomic mass is 10.2. The van der Waals surface area contributed by atoms with Gasteiger partial charge >= 0.3 is 0 Å². The minimum absolute atomic E-state index is 0.00710. The van der Waals surface area contributed by atoms with Crippen molar-refractivity contribution in [3.05, 3.63) is 29.6 Å². The molecule has 1 aromatic rings. The number of rotatable bonds is 3. The SMILES string of the molecule is CN1CCOC(COc2cc(F)ccc2C#CCN)C1. The Balaban J connectivity index is 2.02. The van der Waals surface area contributed by atoms with Crippen LogP contribution in [0, 0.1) is 17.7 Å². The third kappa shape index (κ3) is 4.20. The summed E-state index contributed by atoms with van der Waals surface area (Å²) < 4.78 is 24.6. The lowest BCUT2D eigenvalue weighted by Gasteiger charge is -2.29. The zero-order valence-electron chi connectivity index (χ0n) is 11.6. The van der Waals surface area contributed by atoms with Gasteiger partial charge in [0.25, 0.3) is 0 Å². The van der Waals surface area contributed by atoms with Gasteiger partial charge in [0, 0.05) is 19.2 Å². The summed E-state index contributed by atoms with van der Waals surface area (Å²) in [7, 11) is 2.04. The summed E-state index contributed by atoms with van der Waals surface area (Å²) in [5.74, 6) is 5.71. The summed E-state index contributed by atoms with van der Waals surface area (Å²) in [6, 6.07) is 4.30. The smallest absolute Gasteiger partial charge is 0.137 e. The number of nitrogens with two attached hydrogens (primary N) is 1. The molecule has 1 unspecified atom stereocenters. The molecule has 1 heterocycles. The fourth-order valence-electron chi connectivity index (χ4n) is 2.02. The highest BCUT2D eigenvalue weighted by Crippen LogP contribution is 2.20. The maximum atomic E-state index is 13.3. The third-order valence-electron chi connectivity index (χ3n) is 3.04. The Labute approximate surface area is 118 Å². The standard InChI is InChI=1S/C15H19FN2O2/c1-18-7-8-19-14(10-18)11-20-15-9-13(16)5-4-12(15)3-2-6-17/h4-5,9,14H,6-8,10-11,17H2,1H3. The molecule has 2 N–H and O–H groups in total. The number of benzene rings is 1. The van der Waals surface area contributed by atoms with Crippen LogP contribution in [0.25, 0.3) is 0 Å². The Bertz CT molecular complexity index is 510. The van der Waals surface area contributed by atoms with Crippen LogP contribution in [0.4, 0.5) is 4.39 Å². The zero-order valence-corrected chi connectivity index (χ0v) is 11.6. The Kier molecular flexibility index (Phi) is 5.36. The van der Waals surface area contributed by atoms with Crippen LogP contribution in [0.5, 0.6) is 5.75 Å². The summed E-state index contributed by atoms with van der Waals surface area (Å²) >= 11 is 0. The minimum Gasteiger partial charge on any atom is -0.489 e. The largest absolute Gasteiger partial charge is 0.489 e. The molecule has 0 radical (unpaired) electrons. The molecule has 1 aliphatic heterocycles. The molecule has 1 aliphatic rings. The normalized spacial score (nSPS) is 19.2. The van der Waals surface area contributed by atoms with E-state index in [-0.39, 0.29) is 18.5 Å². The molecular formula is C15H19FN2O2. The van der Waals surface area contributed by atoms with Crippen LogP contribution in [0.1, 0.15) is 5.56 Å². The summed E-state index contributed by atoms with van der Waals surface area (Å²) in [5, 5.41) is 0. The number of likely N-dealkylation sites (N-methyl/N-ethyl adjacent to an activating group) is 1. The van der Waals surface area contributed by atoms with E-state index in [0.717, 1.165) is 13.1 Å². The second kappa shape index (κ2) is 7.25. The topological polar surface area (TPSA) is 47.7 Å². The van der Waals surface area contributed by atoms with Gasteiger partial charge in [0.05, 0.1) is 18.7 Å². The lowest BCUT2D eigenvalue weighted by molar-refractivity contribution is -0.0404. The average molecular weight is 278 g/mol. The van der Waals surface area contributed by atoms with E-state index >= 15 is 0 Å². The number of hydrogen-bond donors (Lipinski definition) is 1. The van der Waals surface area contributed by atoms with E-state index in [9.17, 15) is 4.39 Å². The molecule has 0 spiro atoms. The van der Waals surface area contributed by atoms with E-state index in [1.807, 2.05) is 7.05 Å². The van der Waals surface area contributed by atoms with Gasteiger partial charge in [-0.1, -0.05) is 11.8 Å². The van der Waals surface area contributed by atoms with Crippen molar-refractivity contribution in [3.63, 3.8) is 0 Å². The van der Waals surface area contributed by atoms with Crippen molar-refractivity contribution in [1.82, 2.24) is 4.90 Å². The van der Waals surface area contributed by atoms with E-state index in [0.29, 0.717) is 24.5 Å². The lowest BCUT2D eigenvalue weighted by Crippen LogP contribution is -2.42. The summed E-state index contributed by atoms with van der Waals surface area (Å²) in [6.07, 6.45) is -0.00710. The minimum atomic E-state index is -0.347. The number of nitrogens with zero attached hydrogens (tertiary/aromatic N) is 1. The van der Waals surface area contributed by atoms with Crippen LogP contribution >= 0.6 is 0 Å². The monoisotopic (exact) mass is 278 g/mol. The van der Waals surface area contributed by atoms with Crippen molar-refractivity contribution in [2.75, 3.05) is 39.9 Å². The molecule has 20 heavy (non-hydrogen) atoms.